The lowest BCUT2D eigenvalue weighted by Crippen LogP contribution is -2.42. The largest absolute Gasteiger partial charge is 0.444 e. The molecule has 0 saturated carbocycles. The number of nitrogens with one attached hydrogen (secondary N) is 2. The van der Waals surface area contributed by atoms with Crippen LogP contribution in [0.2, 0.25) is 0 Å². The minimum atomic E-state index is -0.348. The number of cyclic esters (lactones) is 1. The first kappa shape index (κ1) is 21.5. The molecule has 2 N–H and O–H groups in total. The van der Waals surface area contributed by atoms with Crippen LogP contribution in [0, 0.1) is 5.92 Å². The number of hydrogen-bond acceptors (Lipinski definition) is 7. The van der Waals surface area contributed by atoms with E-state index in [2.05, 4.69) is 70.5 Å². The Morgan fingerprint density at radius 3 is 2.61 bits per heavy atom. The van der Waals surface area contributed by atoms with E-state index in [1.807, 2.05) is 0 Å². The third-order valence-electron chi connectivity index (χ3n) is 5.66. The van der Waals surface area contributed by atoms with Gasteiger partial charge in [0.05, 0.1) is 11.6 Å². The number of rotatable bonds is 7. The molecule has 0 bridgehead atoms. The van der Waals surface area contributed by atoms with Gasteiger partial charge in [0.25, 0.3) is 0 Å². The van der Waals surface area contributed by atoms with Gasteiger partial charge in [0.2, 0.25) is 5.95 Å². The van der Waals surface area contributed by atoms with E-state index in [-0.39, 0.29) is 18.7 Å². The number of ether oxygens (including phenoxy) is 1. The van der Waals surface area contributed by atoms with E-state index in [9.17, 15) is 4.79 Å². The van der Waals surface area contributed by atoms with Gasteiger partial charge >= 0.3 is 6.09 Å². The molecule has 0 aliphatic carbocycles. The van der Waals surface area contributed by atoms with Crippen LogP contribution in [0.25, 0.3) is 0 Å². The van der Waals surface area contributed by atoms with Gasteiger partial charge in [-0.05, 0) is 24.0 Å². The van der Waals surface area contributed by atoms with Crippen molar-refractivity contribution in [2.24, 2.45) is 5.92 Å². The molecule has 2 aliphatic heterocycles. The van der Waals surface area contributed by atoms with Crippen LogP contribution in [-0.4, -0.2) is 53.7 Å². The van der Waals surface area contributed by atoms with E-state index < -0.39 is 0 Å². The number of nitrogens with zero attached hydrogens (tertiary/aromatic N) is 4. The number of fused-ring (bicyclic) bond motifs is 1. The van der Waals surface area contributed by atoms with E-state index >= 15 is 0 Å². The summed E-state index contributed by atoms with van der Waals surface area (Å²) in [6.45, 7) is 12.3. The number of carbonyl (C=O) groups is 1. The summed E-state index contributed by atoms with van der Waals surface area (Å²) in [6.07, 6.45) is 1.40. The maximum Gasteiger partial charge on any atom is 0.415 e. The Labute approximate surface area is 184 Å². The average Bonchev–Trinajstić information content (AvgIpc) is 2.77. The predicted octanol–water partition coefficient (Wildman–Crippen LogP) is 3.17. The second-order valence-electron chi connectivity index (χ2n) is 8.74. The number of carbonyl (C=O) groups excluding carboxylic acids is 1. The maximum absolute atomic E-state index is 12.2. The monoisotopic (exact) mass is 424 g/mol. The molecular formula is C23H32N6O2. The number of amides is 1. The minimum Gasteiger partial charge on any atom is -0.444 e. The highest BCUT2D eigenvalue weighted by Crippen LogP contribution is 2.27. The summed E-state index contributed by atoms with van der Waals surface area (Å²) in [4.78, 5) is 25.4. The van der Waals surface area contributed by atoms with Crippen molar-refractivity contribution in [1.82, 2.24) is 20.2 Å². The zero-order valence-corrected chi connectivity index (χ0v) is 18.6. The van der Waals surface area contributed by atoms with Gasteiger partial charge < -0.3 is 15.4 Å². The van der Waals surface area contributed by atoms with Crippen LogP contribution >= 0.6 is 0 Å². The van der Waals surface area contributed by atoms with Crippen molar-refractivity contribution in [2.45, 2.75) is 40.0 Å². The summed E-state index contributed by atoms with van der Waals surface area (Å²) in [5.74, 6) is 1.46. The molecule has 1 aromatic carbocycles. The zero-order valence-electron chi connectivity index (χ0n) is 18.6. The first-order valence-corrected chi connectivity index (χ1v) is 11.1. The quantitative estimate of drug-likeness (QED) is 0.706. The van der Waals surface area contributed by atoms with Crippen LogP contribution in [0.15, 0.2) is 30.5 Å². The number of piperazine rings is 1. The summed E-state index contributed by atoms with van der Waals surface area (Å²) in [5, 5.41) is 6.77. The number of hydrogen-bond donors (Lipinski definition) is 2. The summed E-state index contributed by atoms with van der Waals surface area (Å²) in [6, 6.07) is 8.76. The minimum absolute atomic E-state index is 0.0420. The molecule has 0 unspecified atom stereocenters. The van der Waals surface area contributed by atoms with Crippen molar-refractivity contribution in [1.29, 1.82) is 0 Å². The highest BCUT2D eigenvalue weighted by Gasteiger charge is 2.28. The van der Waals surface area contributed by atoms with Gasteiger partial charge in [0, 0.05) is 45.5 Å². The number of aromatic nitrogens is 2. The van der Waals surface area contributed by atoms with Crippen molar-refractivity contribution in [2.75, 3.05) is 42.9 Å². The average molecular weight is 425 g/mol. The molecule has 8 heteroatoms. The fourth-order valence-electron chi connectivity index (χ4n) is 3.95. The third kappa shape index (κ3) is 5.32. The SMILES string of the molecule is CC(C)CN1C(=O)OCc2cnc(N[C@@H](C)c3ccc(CN4CCNCC4)cc3)nc21. The van der Waals surface area contributed by atoms with E-state index in [0.29, 0.717) is 24.2 Å². The molecular weight excluding hydrogens is 392 g/mol. The van der Waals surface area contributed by atoms with Gasteiger partial charge in [-0.15, -0.1) is 0 Å². The highest BCUT2D eigenvalue weighted by molar-refractivity contribution is 5.89. The van der Waals surface area contributed by atoms with Gasteiger partial charge in [-0.25, -0.2) is 9.78 Å². The Morgan fingerprint density at radius 1 is 1.16 bits per heavy atom. The molecule has 1 atom stereocenters. The summed E-state index contributed by atoms with van der Waals surface area (Å²) >= 11 is 0. The molecule has 1 aromatic heterocycles. The fraction of sp³-hybridized carbons (Fsp3) is 0.522. The van der Waals surface area contributed by atoms with Crippen LogP contribution in [0.3, 0.4) is 0 Å². The first-order valence-electron chi connectivity index (χ1n) is 11.1. The van der Waals surface area contributed by atoms with Crippen molar-refractivity contribution < 1.29 is 9.53 Å². The Balaban J connectivity index is 1.43. The van der Waals surface area contributed by atoms with Gasteiger partial charge in [-0.2, -0.15) is 4.98 Å². The first-order chi connectivity index (χ1) is 15.0. The van der Waals surface area contributed by atoms with E-state index in [1.165, 1.54) is 11.1 Å². The lowest BCUT2D eigenvalue weighted by molar-refractivity contribution is 0.140. The predicted molar refractivity (Wildman–Crippen MR) is 121 cm³/mol. The van der Waals surface area contributed by atoms with Crippen molar-refractivity contribution >= 4 is 17.9 Å². The second kappa shape index (κ2) is 9.62. The standard InChI is InChI=1S/C23H32N6O2/c1-16(2)13-29-21-20(15-31-23(29)30)12-25-22(27-21)26-17(3)19-6-4-18(5-7-19)14-28-10-8-24-9-11-28/h4-7,12,16-17,24H,8-11,13-15H2,1-3H3,(H,25,26,27)/t17-/m0/s1. The molecule has 2 aliphatic rings. The molecule has 1 amide bonds. The summed E-state index contributed by atoms with van der Waals surface area (Å²) in [5.41, 5.74) is 3.32. The van der Waals surface area contributed by atoms with Gasteiger partial charge in [-0.1, -0.05) is 38.1 Å². The van der Waals surface area contributed by atoms with Crippen molar-refractivity contribution in [3.63, 3.8) is 0 Å². The zero-order chi connectivity index (χ0) is 21.8. The molecule has 0 spiro atoms. The summed E-state index contributed by atoms with van der Waals surface area (Å²) in [7, 11) is 0. The van der Waals surface area contributed by atoms with Crippen molar-refractivity contribution in [3.8, 4) is 0 Å². The fourth-order valence-corrected chi connectivity index (χ4v) is 3.95. The van der Waals surface area contributed by atoms with Gasteiger partial charge in [0.1, 0.15) is 12.4 Å². The van der Waals surface area contributed by atoms with E-state index in [0.717, 1.165) is 38.3 Å². The maximum atomic E-state index is 12.2. The topological polar surface area (TPSA) is 82.6 Å². The van der Waals surface area contributed by atoms with Gasteiger partial charge in [-0.3, -0.25) is 9.80 Å². The summed E-state index contributed by atoms with van der Waals surface area (Å²) < 4.78 is 5.25. The molecule has 31 heavy (non-hydrogen) atoms. The van der Waals surface area contributed by atoms with E-state index in [1.54, 1.807) is 11.1 Å². The lowest BCUT2D eigenvalue weighted by atomic mass is 10.1. The van der Waals surface area contributed by atoms with Crippen LogP contribution in [0.1, 0.15) is 43.5 Å². The molecule has 2 aromatic rings. The Hall–Kier alpha value is -2.71. The molecule has 166 valence electrons. The molecule has 1 saturated heterocycles. The lowest BCUT2D eigenvalue weighted by Gasteiger charge is -2.29. The van der Waals surface area contributed by atoms with Gasteiger partial charge in [0.15, 0.2) is 0 Å². The second-order valence-corrected chi connectivity index (χ2v) is 8.74. The smallest absolute Gasteiger partial charge is 0.415 e. The normalized spacial score (nSPS) is 17.9. The third-order valence-corrected chi connectivity index (χ3v) is 5.66. The van der Waals surface area contributed by atoms with Crippen LogP contribution in [0.5, 0.6) is 0 Å². The Morgan fingerprint density at radius 2 is 1.90 bits per heavy atom. The number of anilines is 2. The Bertz CT molecular complexity index is 895. The molecule has 8 nitrogen and oxygen atoms in total. The number of benzene rings is 1. The molecule has 3 heterocycles. The van der Waals surface area contributed by atoms with E-state index in [4.69, 9.17) is 4.74 Å². The molecule has 4 rings (SSSR count). The molecule has 1 fully saturated rings. The van der Waals surface area contributed by atoms with Crippen LogP contribution in [-0.2, 0) is 17.9 Å². The van der Waals surface area contributed by atoms with Crippen LogP contribution in [0.4, 0.5) is 16.6 Å². The van der Waals surface area contributed by atoms with Crippen molar-refractivity contribution in [3.05, 3.63) is 47.2 Å². The Kier molecular flexibility index (Phi) is 6.67. The molecule has 0 radical (unpaired) electrons. The highest BCUT2D eigenvalue weighted by atomic mass is 16.6. The van der Waals surface area contributed by atoms with Crippen LogP contribution < -0.4 is 15.5 Å².